The van der Waals surface area contributed by atoms with Crippen LogP contribution in [0.15, 0.2) is 46.2 Å². The molecule has 152 valence electrons. The fourth-order valence-corrected chi connectivity index (χ4v) is 4.43. The highest BCUT2D eigenvalue weighted by atomic mass is 35.5. The van der Waals surface area contributed by atoms with Gasteiger partial charge in [-0.15, -0.1) is 11.8 Å². The van der Waals surface area contributed by atoms with E-state index in [0.29, 0.717) is 11.0 Å². The molecule has 0 spiro atoms. The number of thioether (sulfide) groups is 1. The Balaban J connectivity index is 2.39. The molecule has 1 amide bonds. The third-order valence-electron chi connectivity index (χ3n) is 3.38. The molecule has 0 saturated carbocycles. The number of hydrogen-bond acceptors (Lipinski definition) is 4. The first-order valence-electron chi connectivity index (χ1n) is 7.46. The standard InChI is InChI=1S/C16H13Cl2F3N2O3S2/c1-22-15(24)8-27-14-5-2-9(17)6-13(14)23-28(25,26)10-3-4-12(18)11(7-10)16(19,20)21/h2-7,23H,8H2,1H3,(H,22,24). The summed E-state index contributed by atoms with van der Waals surface area (Å²) in [5.41, 5.74) is -1.23. The van der Waals surface area contributed by atoms with Crippen molar-refractivity contribution >= 4 is 56.6 Å². The average Bonchev–Trinajstić information content (AvgIpc) is 2.59. The minimum absolute atomic E-state index is 0.00598. The van der Waals surface area contributed by atoms with Gasteiger partial charge in [-0.05, 0) is 36.4 Å². The van der Waals surface area contributed by atoms with Gasteiger partial charge in [0.15, 0.2) is 0 Å². The van der Waals surface area contributed by atoms with E-state index in [-0.39, 0.29) is 22.4 Å². The molecule has 0 radical (unpaired) electrons. The normalized spacial score (nSPS) is 11.9. The number of hydrogen-bond donors (Lipinski definition) is 2. The Morgan fingerprint density at radius 3 is 2.43 bits per heavy atom. The number of carbonyl (C=O) groups excluding carboxylic acids is 1. The Morgan fingerprint density at radius 2 is 1.82 bits per heavy atom. The van der Waals surface area contributed by atoms with Crippen molar-refractivity contribution in [3.8, 4) is 0 Å². The summed E-state index contributed by atoms with van der Waals surface area (Å²) in [4.78, 5) is 11.2. The van der Waals surface area contributed by atoms with Crippen LogP contribution in [-0.4, -0.2) is 27.1 Å². The van der Waals surface area contributed by atoms with Crippen molar-refractivity contribution < 1.29 is 26.4 Å². The van der Waals surface area contributed by atoms with E-state index in [9.17, 15) is 26.4 Å². The lowest BCUT2D eigenvalue weighted by Crippen LogP contribution is -2.20. The fourth-order valence-electron chi connectivity index (χ4n) is 2.02. The van der Waals surface area contributed by atoms with Crippen molar-refractivity contribution in [3.05, 3.63) is 52.0 Å². The molecule has 0 aliphatic heterocycles. The molecule has 12 heteroatoms. The van der Waals surface area contributed by atoms with Crippen LogP contribution < -0.4 is 10.0 Å². The zero-order chi connectivity index (χ0) is 21.1. The Bertz CT molecular complexity index is 999. The molecule has 0 aromatic heterocycles. The first-order chi connectivity index (χ1) is 12.9. The van der Waals surface area contributed by atoms with Crippen LogP contribution in [0.4, 0.5) is 18.9 Å². The average molecular weight is 473 g/mol. The third-order valence-corrected chi connectivity index (χ3v) is 6.38. The van der Waals surface area contributed by atoms with E-state index in [4.69, 9.17) is 23.2 Å². The Morgan fingerprint density at radius 1 is 1.14 bits per heavy atom. The Labute approximate surface area is 173 Å². The maximum Gasteiger partial charge on any atom is 0.417 e. The molecule has 2 aromatic rings. The van der Waals surface area contributed by atoms with Crippen LogP contribution in [0, 0.1) is 0 Å². The van der Waals surface area contributed by atoms with E-state index >= 15 is 0 Å². The molecule has 28 heavy (non-hydrogen) atoms. The number of amides is 1. The van der Waals surface area contributed by atoms with Gasteiger partial charge in [0.1, 0.15) is 0 Å². The minimum atomic E-state index is -4.81. The van der Waals surface area contributed by atoms with Gasteiger partial charge >= 0.3 is 6.18 Å². The number of alkyl halides is 3. The Kier molecular flexibility index (Phi) is 7.13. The maximum absolute atomic E-state index is 13.0. The molecule has 2 aromatic carbocycles. The van der Waals surface area contributed by atoms with Crippen LogP contribution in [0.5, 0.6) is 0 Å². The quantitative estimate of drug-likeness (QED) is 0.599. The number of carbonyl (C=O) groups is 1. The maximum atomic E-state index is 13.0. The molecule has 2 N–H and O–H groups in total. The summed E-state index contributed by atoms with van der Waals surface area (Å²) < 4.78 is 66.4. The smallest absolute Gasteiger partial charge is 0.358 e. The topological polar surface area (TPSA) is 75.3 Å². The van der Waals surface area contributed by atoms with Crippen molar-refractivity contribution in [2.75, 3.05) is 17.5 Å². The summed E-state index contributed by atoms with van der Waals surface area (Å²) in [7, 11) is -2.93. The van der Waals surface area contributed by atoms with Crippen molar-refractivity contribution in [1.82, 2.24) is 5.32 Å². The Hall–Kier alpha value is -1.62. The van der Waals surface area contributed by atoms with Gasteiger partial charge in [0.2, 0.25) is 5.91 Å². The number of rotatable bonds is 6. The lowest BCUT2D eigenvalue weighted by Gasteiger charge is -2.15. The largest absolute Gasteiger partial charge is 0.417 e. The molecule has 0 aliphatic carbocycles. The van der Waals surface area contributed by atoms with E-state index in [1.54, 1.807) is 0 Å². The molecule has 0 fully saturated rings. The molecule has 0 heterocycles. The third kappa shape index (κ3) is 5.69. The number of sulfonamides is 1. The molecule has 0 saturated heterocycles. The van der Waals surface area contributed by atoms with E-state index in [1.165, 1.54) is 25.2 Å². The predicted octanol–water partition coefficient (Wildman–Crippen LogP) is 4.65. The van der Waals surface area contributed by atoms with Crippen LogP contribution in [0.1, 0.15) is 5.56 Å². The van der Waals surface area contributed by atoms with Crippen LogP contribution in [0.3, 0.4) is 0 Å². The number of anilines is 1. The SMILES string of the molecule is CNC(=O)CSc1ccc(Cl)cc1NS(=O)(=O)c1ccc(Cl)c(C(F)(F)F)c1. The van der Waals surface area contributed by atoms with Gasteiger partial charge in [-0.2, -0.15) is 13.2 Å². The number of benzene rings is 2. The second kappa shape index (κ2) is 8.81. The second-order valence-corrected chi connectivity index (χ2v) is 8.89. The van der Waals surface area contributed by atoms with E-state index in [2.05, 4.69) is 10.0 Å². The summed E-state index contributed by atoms with van der Waals surface area (Å²) in [5.74, 6) is -0.285. The van der Waals surface area contributed by atoms with Gasteiger partial charge in [-0.1, -0.05) is 23.2 Å². The van der Waals surface area contributed by atoms with Crippen LogP contribution in [-0.2, 0) is 21.0 Å². The summed E-state index contributed by atoms with van der Waals surface area (Å²) in [6, 6.07) is 6.56. The zero-order valence-electron chi connectivity index (χ0n) is 14.1. The van der Waals surface area contributed by atoms with Gasteiger partial charge in [-0.3, -0.25) is 9.52 Å². The van der Waals surface area contributed by atoms with E-state index in [0.717, 1.165) is 23.9 Å². The highest BCUT2D eigenvalue weighted by Crippen LogP contribution is 2.37. The monoisotopic (exact) mass is 472 g/mol. The van der Waals surface area contributed by atoms with Gasteiger partial charge in [-0.25, -0.2) is 8.42 Å². The summed E-state index contributed by atoms with van der Waals surface area (Å²) in [5, 5.41) is 2.01. The van der Waals surface area contributed by atoms with Crippen LogP contribution in [0.25, 0.3) is 0 Å². The van der Waals surface area contributed by atoms with Crippen molar-refractivity contribution in [2.24, 2.45) is 0 Å². The van der Waals surface area contributed by atoms with Gasteiger partial charge in [0, 0.05) is 17.0 Å². The molecule has 0 aliphatic rings. The van der Waals surface area contributed by atoms with Gasteiger partial charge in [0.05, 0.1) is 26.9 Å². The van der Waals surface area contributed by atoms with Gasteiger partial charge < -0.3 is 5.32 Å². The highest BCUT2D eigenvalue weighted by Gasteiger charge is 2.34. The van der Waals surface area contributed by atoms with Crippen molar-refractivity contribution in [1.29, 1.82) is 0 Å². The van der Waals surface area contributed by atoms with Gasteiger partial charge in [0.25, 0.3) is 10.0 Å². The summed E-state index contributed by atoms with van der Waals surface area (Å²) in [6.45, 7) is 0. The lowest BCUT2D eigenvalue weighted by molar-refractivity contribution is -0.137. The first kappa shape index (κ1) is 22.7. The first-order valence-corrected chi connectivity index (χ1v) is 10.7. The van der Waals surface area contributed by atoms with Crippen molar-refractivity contribution in [3.63, 3.8) is 0 Å². The molecule has 5 nitrogen and oxygen atoms in total. The zero-order valence-corrected chi connectivity index (χ0v) is 17.2. The lowest BCUT2D eigenvalue weighted by atomic mass is 10.2. The van der Waals surface area contributed by atoms with Crippen LogP contribution in [0.2, 0.25) is 10.0 Å². The molecule has 2 rings (SSSR count). The number of halogens is 5. The highest BCUT2D eigenvalue weighted by molar-refractivity contribution is 8.00. The molecular weight excluding hydrogens is 460 g/mol. The fraction of sp³-hybridized carbons (Fsp3) is 0.188. The van der Waals surface area contributed by atoms with Crippen LogP contribution >= 0.6 is 35.0 Å². The van der Waals surface area contributed by atoms with E-state index in [1.807, 2.05) is 0 Å². The molecular formula is C16H13Cl2F3N2O3S2. The summed E-state index contributed by atoms with van der Waals surface area (Å²) in [6.07, 6.45) is -4.81. The predicted molar refractivity (Wildman–Crippen MR) is 104 cm³/mol. The number of nitrogens with one attached hydrogen (secondary N) is 2. The van der Waals surface area contributed by atoms with E-state index < -0.39 is 31.7 Å². The van der Waals surface area contributed by atoms with Crippen molar-refractivity contribution in [2.45, 2.75) is 16.0 Å². The molecule has 0 atom stereocenters. The molecule has 0 unspecified atom stereocenters. The molecule has 0 bridgehead atoms. The second-order valence-electron chi connectivity index (χ2n) is 5.35. The minimum Gasteiger partial charge on any atom is -0.358 e. The summed E-state index contributed by atoms with van der Waals surface area (Å²) >= 11 is 12.5.